The number of hydrogen-bond donors (Lipinski definition) is 3. The van der Waals surface area contributed by atoms with E-state index in [-0.39, 0.29) is 12.6 Å². The van der Waals surface area contributed by atoms with E-state index in [1.165, 1.54) is 0 Å². The average Bonchev–Trinajstić information content (AvgIpc) is 2.29. The fraction of sp³-hybridized carbons (Fsp3) is 0.846. The van der Waals surface area contributed by atoms with E-state index >= 15 is 0 Å². The Bertz CT molecular complexity index is 255. The molecule has 106 valence electrons. The van der Waals surface area contributed by atoms with Crippen molar-refractivity contribution in [1.29, 1.82) is 0 Å². The van der Waals surface area contributed by atoms with Gasteiger partial charge in [0, 0.05) is 13.1 Å². The first-order valence-electron chi connectivity index (χ1n) is 6.71. The molecule has 0 saturated carbocycles. The number of urea groups is 1. The summed E-state index contributed by atoms with van der Waals surface area (Å²) < 4.78 is 0. The second-order valence-electron chi connectivity index (χ2n) is 5.01. The van der Waals surface area contributed by atoms with Crippen molar-refractivity contribution >= 4 is 12.0 Å². The molecule has 0 radical (unpaired) electrons. The van der Waals surface area contributed by atoms with E-state index in [4.69, 9.17) is 5.11 Å². The summed E-state index contributed by atoms with van der Waals surface area (Å²) in [7, 11) is 0. The lowest BCUT2D eigenvalue weighted by molar-refractivity contribution is -0.142. The molecule has 1 atom stereocenters. The zero-order chi connectivity index (χ0) is 14.0. The Kier molecular flexibility index (Phi) is 9.06. The van der Waals surface area contributed by atoms with Gasteiger partial charge in [0.25, 0.3) is 0 Å². The molecule has 1 unspecified atom stereocenters. The minimum Gasteiger partial charge on any atom is -0.481 e. The molecule has 0 bridgehead atoms. The van der Waals surface area contributed by atoms with E-state index in [2.05, 4.69) is 17.6 Å². The Morgan fingerprint density at radius 2 is 1.83 bits per heavy atom. The van der Waals surface area contributed by atoms with Crippen LogP contribution in [-0.4, -0.2) is 30.2 Å². The van der Waals surface area contributed by atoms with Gasteiger partial charge in [-0.05, 0) is 18.8 Å². The number of unbranched alkanes of at least 4 members (excludes halogenated alkanes) is 2. The van der Waals surface area contributed by atoms with Crippen molar-refractivity contribution in [2.75, 3.05) is 13.1 Å². The molecule has 5 nitrogen and oxygen atoms in total. The fourth-order valence-electron chi connectivity index (χ4n) is 1.70. The van der Waals surface area contributed by atoms with Crippen LogP contribution < -0.4 is 10.6 Å². The maximum absolute atomic E-state index is 11.4. The van der Waals surface area contributed by atoms with E-state index in [1.54, 1.807) is 0 Å². The number of nitrogens with one attached hydrogen (secondary N) is 2. The average molecular weight is 258 g/mol. The first-order valence-corrected chi connectivity index (χ1v) is 6.71. The van der Waals surface area contributed by atoms with Crippen molar-refractivity contribution in [2.24, 2.45) is 11.8 Å². The van der Waals surface area contributed by atoms with E-state index in [0.29, 0.717) is 18.9 Å². The molecule has 2 amide bonds. The fourth-order valence-corrected chi connectivity index (χ4v) is 1.70. The van der Waals surface area contributed by atoms with E-state index in [1.807, 2.05) is 13.8 Å². The smallest absolute Gasteiger partial charge is 0.314 e. The van der Waals surface area contributed by atoms with Gasteiger partial charge in [-0.1, -0.05) is 33.6 Å². The molecule has 0 rings (SSSR count). The number of amides is 2. The molecule has 0 saturated heterocycles. The van der Waals surface area contributed by atoms with Crippen LogP contribution >= 0.6 is 0 Å². The molecule has 0 aromatic rings. The molecule has 0 aliphatic heterocycles. The van der Waals surface area contributed by atoms with Crippen molar-refractivity contribution in [2.45, 2.75) is 46.5 Å². The van der Waals surface area contributed by atoms with Crippen LogP contribution in [0.2, 0.25) is 0 Å². The summed E-state index contributed by atoms with van der Waals surface area (Å²) in [5, 5.41) is 14.3. The van der Waals surface area contributed by atoms with Crippen molar-refractivity contribution < 1.29 is 14.7 Å². The van der Waals surface area contributed by atoms with E-state index < -0.39 is 11.9 Å². The van der Waals surface area contributed by atoms with Crippen LogP contribution in [0.1, 0.15) is 46.5 Å². The van der Waals surface area contributed by atoms with E-state index in [0.717, 1.165) is 19.3 Å². The normalized spacial score (nSPS) is 12.2. The second kappa shape index (κ2) is 9.74. The van der Waals surface area contributed by atoms with Crippen molar-refractivity contribution in [1.82, 2.24) is 10.6 Å². The Morgan fingerprint density at radius 3 is 2.33 bits per heavy atom. The quantitative estimate of drug-likeness (QED) is 0.555. The molecular weight excluding hydrogens is 232 g/mol. The van der Waals surface area contributed by atoms with Gasteiger partial charge >= 0.3 is 12.0 Å². The summed E-state index contributed by atoms with van der Waals surface area (Å²) in [6.07, 6.45) is 3.73. The topological polar surface area (TPSA) is 78.4 Å². The highest BCUT2D eigenvalue weighted by Gasteiger charge is 2.19. The van der Waals surface area contributed by atoms with Gasteiger partial charge in [-0.3, -0.25) is 4.79 Å². The van der Waals surface area contributed by atoms with Crippen LogP contribution in [0.3, 0.4) is 0 Å². The summed E-state index contributed by atoms with van der Waals surface area (Å²) in [4.78, 5) is 22.4. The number of carboxylic acid groups (broad SMARTS) is 1. The van der Waals surface area contributed by atoms with Crippen molar-refractivity contribution in [3.63, 3.8) is 0 Å². The minimum atomic E-state index is -0.852. The summed E-state index contributed by atoms with van der Waals surface area (Å²) in [6.45, 7) is 6.87. The predicted octanol–water partition coefficient (Wildman–Crippen LogP) is 2.22. The SMILES string of the molecule is CCCCCNC(=O)NCC(CC(C)C)C(=O)O. The summed E-state index contributed by atoms with van der Waals surface area (Å²) in [5.41, 5.74) is 0. The largest absolute Gasteiger partial charge is 0.481 e. The minimum absolute atomic E-state index is 0.188. The van der Waals surface area contributed by atoms with Crippen molar-refractivity contribution in [3.05, 3.63) is 0 Å². The lowest BCUT2D eigenvalue weighted by atomic mass is 9.97. The molecule has 0 heterocycles. The molecule has 18 heavy (non-hydrogen) atoms. The van der Waals surface area contributed by atoms with E-state index in [9.17, 15) is 9.59 Å². The number of carboxylic acids is 1. The molecule has 0 aliphatic carbocycles. The second-order valence-corrected chi connectivity index (χ2v) is 5.01. The Labute approximate surface area is 109 Å². The van der Waals surface area contributed by atoms with Gasteiger partial charge in [0.1, 0.15) is 0 Å². The Morgan fingerprint density at radius 1 is 1.17 bits per heavy atom. The Hall–Kier alpha value is -1.26. The van der Waals surface area contributed by atoms with Crippen LogP contribution in [0.5, 0.6) is 0 Å². The molecule has 0 aromatic carbocycles. The van der Waals surface area contributed by atoms with Crippen LogP contribution in [0.25, 0.3) is 0 Å². The zero-order valence-corrected chi connectivity index (χ0v) is 11.7. The van der Waals surface area contributed by atoms with Crippen LogP contribution in [0.4, 0.5) is 4.79 Å². The highest BCUT2D eigenvalue weighted by atomic mass is 16.4. The molecular formula is C13H26N2O3. The van der Waals surface area contributed by atoms with Gasteiger partial charge in [0.15, 0.2) is 0 Å². The summed E-state index contributed by atoms with van der Waals surface area (Å²) >= 11 is 0. The van der Waals surface area contributed by atoms with Gasteiger partial charge < -0.3 is 15.7 Å². The number of rotatable bonds is 9. The third-order valence-electron chi connectivity index (χ3n) is 2.68. The van der Waals surface area contributed by atoms with Crippen LogP contribution in [-0.2, 0) is 4.79 Å². The number of hydrogen-bond acceptors (Lipinski definition) is 2. The first kappa shape index (κ1) is 16.7. The third-order valence-corrected chi connectivity index (χ3v) is 2.68. The molecule has 0 spiro atoms. The lowest BCUT2D eigenvalue weighted by Crippen LogP contribution is -2.40. The zero-order valence-electron chi connectivity index (χ0n) is 11.7. The van der Waals surface area contributed by atoms with Gasteiger partial charge in [0.2, 0.25) is 0 Å². The van der Waals surface area contributed by atoms with Crippen LogP contribution in [0.15, 0.2) is 0 Å². The van der Waals surface area contributed by atoms with Crippen molar-refractivity contribution in [3.8, 4) is 0 Å². The lowest BCUT2D eigenvalue weighted by Gasteiger charge is -2.15. The van der Waals surface area contributed by atoms with Gasteiger partial charge in [0.05, 0.1) is 5.92 Å². The number of carbonyl (C=O) groups is 2. The molecule has 5 heteroatoms. The highest BCUT2D eigenvalue weighted by molar-refractivity contribution is 5.75. The Balaban J connectivity index is 3.82. The van der Waals surface area contributed by atoms with Gasteiger partial charge in [-0.2, -0.15) is 0 Å². The predicted molar refractivity (Wildman–Crippen MR) is 71.5 cm³/mol. The monoisotopic (exact) mass is 258 g/mol. The molecule has 0 fully saturated rings. The molecule has 3 N–H and O–H groups in total. The van der Waals surface area contributed by atoms with Gasteiger partial charge in [-0.25, -0.2) is 4.79 Å². The standard InChI is InChI=1S/C13H26N2O3/c1-4-5-6-7-14-13(18)15-9-11(12(16)17)8-10(2)3/h10-11H,4-9H2,1-3H3,(H,16,17)(H2,14,15,18). The summed E-state index contributed by atoms with van der Waals surface area (Å²) in [5.74, 6) is -1.05. The molecule has 0 aromatic heterocycles. The summed E-state index contributed by atoms with van der Waals surface area (Å²) in [6, 6.07) is -0.277. The maximum Gasteiger partial charge on any atom is 0.314 e. The van der Waals surface area contributed by atoms with Gasteiger partial charge in [-0.15, -0.1) is 0 Å². The highest BCUT2D eigenvalue weighted by Crippen LogP contribution is 2.10. The number of aliphatic carboxylic acids is 1. The third kappa shape index (κ3) is 8.84. The van der Waals surface area contributed by atoms with Crippen LogP contribution in [0, 0.1) is 11.8 Å². The number of carbonyl (C=O) groups excluding carboxylic acids is 1. The first-order chi connectivity index (χ1) is 8.47. The maximum atomic E-state index is 11.4. The molecule has 0 aliphatic rings.